The number of ether oxygens (including phenoxy) is 1. The normalized spacial score (nSPS) is 18.9. The van der Waals surface area contributed by atoms with Crippen LogP contribution < -0.4 is 0 Å². The highest BCUT2D eigenvalue weighted by Gasteiger charge is 2.39. The first-order valence-corrected chi connectivity index (χ1v) is 12.3. The van der Waals surface area contributed by atoms with E-state index >= 15 is 0 Å². The monoisotopic (exact) mass is 518 g/mol. The van der Waals surface area contributed by atoms with Crippen molar-refractivity contribution in [2.75, 3.05) is 0 Å². The molecule has 1 aliphatic rings. The summed E-state index contributed by atoms with van der Waals surface area (Å²) in [6.45, 7) is 1.78. The second-order valence-electron chi connectivity index (χ2n) is 9.46. The maximum Gasteiger partial charge on any atom is 0.306 e. The number of hydrogen-bond donors (Lipinski definition) is 1. The number of esters is 1. The minimum atomic E-state index is -1.06. The molecule has 0 bridgehead atoms. The molecule has 38 heavy (non-hydrogen) atoms. The van der Waals surface area contributed by atoms with E-state index in [1.165, 1.54) is 18.3 Å². The minimum absolute atomic E-state index is 0.108. The Bertz CT molecular complexity index is 1370. The fourth-order valence-electron chi connectivity index (χ4n) is 4.70. The molecule has 0 radical (unpaired) electrons. The number of nitriles is 1. The zero-order valence-electron chi connectivity index (χ0n) is 20.9. The second kappa shape index (κ2) is 11.3. The number of halogens is 1. The SMILES string of the molecule is Cc1c(C(=O)Cc2ccc(C3(C#N)CCC(OC(=O)CCC(=O)O)CC3)nc2)cnn1-c1ccc(F)cc1. The standard InChI is InChI=1S/C28H27FN4O5/c1-18-23(16-32-33(18)21-5-3-20(29)4-6-21)24(34)14-19-2-7-25(31-15-19)28(17-30)12-10-22(11-13-28)38-27(37)9-8-26(35)36/h2-7,15-16,22H,8-14H2,1H3,(H,35,36). The van der Waals surface area contributed by atoms with Gasteiger partial charge in [-0.25, -0.2) is 9.07 Å². The number of benzene rings is 1. The third kappa shape index (κ3) is 5.94. The predicted molar refractivity (Wildman–Crippen MR) is 133 cm³/mol. The molecule has 2 heterocycles. The molecule has 9 nitrogen and oxygen atoms in total. The second-order valence-corrected chi connectivity index (χ2v) is 9.46. The highest BCUT2D eigenvalue weighted by Crippen LogP contribution is 2.39. The zero-order chi connectivity index (χ0) is 27.3. The Morgan fingerprint density at radius 3 is 2.45 bits per heavy atom. The number of aliphatic carboxylic acids is 1. The third-order valence-electron chi connectivity index (χ3n) is 6.90. The number of carbonyl (C=O) groups is 3. The maximum absolute atomic E-state index is 13.2. The number of carboxylic acid groups (broad SMARTS) is 1. The summed E-state index contributed by atoms with van der Waals surface area (Å²) in [4.78, 5) is 40.0. The third-order valence-corrected chi connectivity index (χ3v) is 6.90. The van der Waals surface area contributed by atoms with Crippen LogP contribution in [0.3, 0.4) is 0 Å². The van der Waals surface area contributed by atoms with Gasteiger partial charge >= 0.3 is 11.9 Å². The molecule has 0 atom stereocenters. The van der Waals surface area contributed by atoms with E-state index in [4.69, 9.17) is 9.84 Å². The van der Waals surface area contributed by atoms with Gasteiger partial charge in [0.15, 0.2) is 5.78 Å². The molecular formula is C28H27FN4O5. The van der Waals surface area contributed by atoms with Crippen LogP contribution in [0.5, 0.6) is 0 Å². The molecule has 2 aromatic heterocycles. The van der Waals surface area contributed by atoms with Crippen molar-refractivity contribution in [2.24, 2.45) is 0 Å². The summed E-state index contributed by atoms with van der Waals surface area (Å²) in [7, 11) is 0. The molecular weight excluding hydrogens is 491 g/mol. The topological polar surface area (TPSA) is 135 Å². The van der Waals surface area contributed by atoms with Crippen molar-refractivity contribution in [3.05, 3.63) is 77.1 Å². The van der Waals surface area contributed by atoms with Gasteiger partial charge < -0.3 is 9.84 Å². The van der Waals surface area contributed by atoms with E-state index in [0.717, 1.165) is 0 Å². The van der Waals surface area contributed by atoms with E-state index in [9.17, 15) is 24.0 Å². The maximum atomic E-state index is 13.2. The molecule has 1 N–H and O–H groups in total. The van der Waals surface area contributed by atoms with Gasteiger partial charge in [-0.15, -0.1) is 0 Å². The lowest BCUT2D eigenvalue weighted by atomic mass is 9.71. The molecule has 1 fully saturated rings. The molecule has 0 aliphatic heterocycles. The number of aromatic nitrogens is 3. The summed E-state index contributed by atoms with van der Waals surface area (Å²) in [5.74, 6) is -2.09. The van der Waals surface area contributed by atoms with E-state index in [-0.39, 0.29) is 37.0 Å². The van der Waals surface area contributed by atoms with Crippen LogP contribution in [-0.2, 0) is 26.2 Å². The van der Waals surface area contributed by atoms with Crippen LogP contribution in [0.25, 0.3) is 5.69 Å². The van der Waals surface area contributed by atoms with E-state index in [0.29, 0.717) is 53.9 Å². The van der Waals surface area contributed by atoms with Gasteiger partial charge in [-0.2, -0.15) is 10.4 Å². The van der Waals surface area contributed by atoms with Crippen molar-refractivity contribution in [2.45, 2.75) is 63.4 Å². The molecule has 1 aliphatic carbocycles. The summed E-state index contributed by atoms with van der Waals surface area (Å²) in [5, 5.41) is 22.9. The average Bonchev–Trinajstić information content (AvgIpc) is 3.30. The summed E-state index contributed by atoms with van der Waals surface area (Å²) >= 11 is 0. The Labute approximate surface area is 218 Å². The van der Waals surface area contributed by atoms with Gasteiger partial charge in [0.05, 0.1) is 53.2 Å². The quantitative estimate of drug-likeness (QED) is 0.328. The Balaban J connectivity index is 1.38. The first-order valence-electron chi connectivity index (χ1n) is 12.3. The molecule has 196 valence electrons. The van der Waals surface area contributed by atoms with Crippen molar-refractivity contribution >= 4 is 17.7 Å². The molecule has 0 amide bonds. The van der Waals surface area contributed by atoms with Gasteiger partial charge in [0.1, 0.15) is 11.9 Å². The van der Waals surface area contributed by atoms with Crippen molar-refractivity contribution in [1.82, 2.24) is 14.8 Å². The largest absolute Gasteiger partial charge is 0.481 e. The number of hydrogen-bond acceptors (Lipinski definition) is 7. The van der Waals surface area contributed by atoms with Crippen LogP contribution >= 0.6 is 0 Å². The van der Waals surface area contributed by atoms with Crippen LogP contribution in [-0.4, -0.2) is 43.7 Å². The van der Waals surface area contributed by atoms with Gasteiger partial charge in [-0.3, -0.25) is 19.4 Å². The van der Waals surface area contributed by atoms with Crippen LogP contribution in [0, 0.1) is 24.1 Å². The van der Waals surface area contributed by atoms with Gasteiger partial charge in [-0.1, -0.05) is 6.07 Å². The predicted octanol–water partition coefficient (Wildman–Crippen LogP) is 4.25. The van der Waals surface area contributed by atoms with E-state index in [1.807, 2.05) is 0 Å². The Kier molecular flexibility index (Phi) is 7.96. The summed E-state index contributed by atoms with van der Waals surface area (Å²) in [5.41, 5.74) is 2.24. The van der Waals surface area contributed by atoms with Gasteiger partial charge in [0, 0.05) is 12.6 Å². The van der Waals surface area contributed by atoms with E-state index in [1.54, 1.807) is 42.1 Å². The van der Waals surface area contributed by atoms with Gasteiger partial charge in [-0.05, 0) is 68.5 Å². The lowest BCUT2D eigenvalue weighted by Crippen LogP contribution is -2.35. The molecule has 4 rings (SSSR count). The van der Waals surface area contributed by atoms with Crippen LogP contribution in [0.1, 0.15) is 65.8 Å². The van der Waals surface area contributed by atoms with Crippen LogP contribution in [0.15, 0.2) is 48.8 Å². The lowest BCUT2D eigenvalue weighted by Gasteiger charge is -2.34. The van der Waals surface area contributed by atoms with Gasteiger partial charge in [0.25, 0.3) is 0 Å². The highest BCUT2D eigenvalue weighted by molar-refractivity contribution is 5.98. The van der Waals surface area contributed by atoms with Crippen LogP contribution in [0.4, 0.5) is 4.39 Å². The summed E-state index contributed by atoms with van der Waals surface area (Å²) < 4.78 is 20.2. The zero-order valence-corrected chi connectivity index (χ0v) is 20.9. The highest BCUT2D eigenvalue weighted by atomic mass is 19.1. The fourth-order valence-corrected chi connectivity index (χ4v) is 4.70. The summed E-state index contributed by atoms with van der Waals surface area (Å²) in [6, 6.07) is 11.8. The number of nitrogens with zero attached hydrogens (tertiary/aromatic N) is 4. The number of pyridine rings is 1. The average molecular weight is 519 g/mol. The molecule has 0 saturated heterocycles. The first kappa shape index (κ1) is 26.7. The molecule has 0 spiro atoms. The molecule has 1 saturated carbocycles. The summed E-state index contributed by atoms with van der Waals surface area (Å²) in [6.07, 6.45) is 4.26. The fraction of sp³-hybridized carbons (Fsp3) is 0.357. The number of Topliss-reactive ketones (excluding diaryl/α,β-unsaturated/α-hetero) is 1. The van der Waals surface area contributed by atoms with E-state index < -0.39 is 17.4 Å². The Hall–Kier alpha value is -4.39. The Morgan fingerprint density at radius 2 is 1.84 bits per heavy atom. The molecule has 10 heteroatoms. The molecule has 0 unspecified atom stereocenters. The number of ketones is 1. The van der Waals surface area contributed by atoms with Crippen molar-refractivity contribution in [1.29, 1.82) is 5.26 Å². The smallest absolute Gasteiger partial charge is 0.306 e. The number of carbonyl (C=O) groups excluding carboxylic acids is 2. The molecule has 1 aromatic carbocycles. The Morgan fingerprint density at radius 1 is 1.13 bits per heavy atom. The lowest BCUT2D eigenvalue weighted by molar-refractivity contribution is -0.153. The van der Waals surface area contributed by atoms with Crippen molar-refractivity contribution in [3.8, 4) is 11.8 Å². The number of carboxylic acids is 1. The van der Waals surface area contributed by atoms with Crippen molar-refractivity contribution < 1.29 is 28.6 Å². The first-order chi connectivity index (χ1) is 18.2. The minimum Gasteiger partial charge on any atom is -0.481 e. The van der Waals surface area contributed by atoms with Gasteiger partial charge in [0.2, 0.25) is 0 Å². The van der Waals surface area contributed by atoms with E-state index in [2.05, 4.69) is 16.2 Å². The molecule has 3 aromatic rings. The van der Waals surface area contributed by atoms with Crippen molar-refractivity contribution in [3.63, 3.8) is 0 Å². The number of rotatable bonds is 9. The van der Waals surface area contributed by atoms with Crippen LogP contribution in [0.2, 0.25) is 0 Å².